The molecule has 0 unspecified atom stereocenters. The van der Waals surface area contributed by atoms with Gasteiger partial charge in [-0.05, 0) is 44.9 Å². The van der Waals surface area contributed by atoms with Crippen LogP contribution in [0.5, 0.6) is 0 Å². The number of ether oxygens (including phenoxy) is 1. The van der Waals surface area contributed by atoms with E-state index >= 15 is 0 Å². The molecule has 0 spiro atoms. The normalized spacial score (nSPS) is 11.4. The van der Waals surface area contributed by atoms with E-state index in [1.807, 2.05) is 0 Å². The first kappa shape index (κ1) is 38.7. The molecule has 0 atom stereocenters. The zero-order chi connectivity index (χ0) is 29.2. The Morgan fingerprint density at radius 1 is 0.475 bits per heavy atom. The van der Waals surface area contributed by atoms with E-state index in [0.717, 1.165) is 32.1 Å². The van der Waals surface area contributed by atoms with E-state index in [-0.39, 0.29) is 11.9 Å². The van der Waals surface area contributed by atoms with Crippen molar-refractivity contribution in [2.75, 3.05) is 6.61 Å². The van der Waals surface area contributed by atoms with Gasteiger partial charge in [-0.25, -0.2) is 0 Å². The minimum absolute atomic E-state index is 0.000570. The van der Waals surface area contributed by atoms with Crippen LogP contribution in [0.4, 0.5) is 0 Å². The highest BCUT2D eigenvalue weighted by molar-refractivity contribution is 5.73. The summed E-state index contributed by atoms with van der Waals surface area (Å²) in [5.74, 6) is -0.169. The van der Waals surface area contributed by atoms with Crippen LogP contribution in [0.1, 0.15) is 200 Å². The van der Waals surface area contributed by atoms with Crippen LogP contribution in [0.15, 0.2) is 12.2 Å². The summed E-state index contributed by atoms with van der Waals surface area (Å²) in [5, 5.41) is 0. The molecule has 236 valence electrons. The Kier molecular flexibility index (Phi) is 32.8. The van der Waals surface area contributed by atoms with Crippen molar-refractivity contribution in [3.05, 3.63) is 12.2 Å². The lowest BCUT2D eigenvalue weighted by Crippen LogP contribution is -2.09. The Hall–Kier alpha value is -1.32. The van der Waals surface area contributed by atoms with E-state index in [1.165, 1.54) is 148 Å². The number of hydrogen-bond donors (Lipinski definition) is 1. The van der Waals surface area contributed by atoms with Crippen molar-refractivity contribution in [3.63, 3.8) is 0 Å². The topological polar surface area (TPSA) is 69.4 Å². The van der Waals surface area contributed by atoms with E-state index in [0.29, 0.717) is 19.4 Å². The monoisotopic (exact) mass is 564 g/mol. The molecule has 0 aliphatic heterocycles. The van der Waals surface area contributed by atoms with E-state index in [2.05, 4.69) is 19.1 Å². The molecule has 0 aliphatic carbocycles. The number of allylic oxidation sites excluding steroid dienone is 2. The Labute approximate surface area is 250 Å². The maximum Gasteiger partial charge on any atom is 0.305 e. The molecule has 0 aliphatic rings. The number of amides is 1. The quantitative estimate of drug-likeness (QED) is 0.0490. The predicted octanol–water partition coefficient (Wildman–Crippen LogP) is 11.3. The average Bonchev–Trinajstić information content (AvgIpc) is 2.94. The van der Waals surface area contributed by atoms with Crippen molar-refractivity contribution in [1.82, 2.24) is 0 Å². The molecule has 0 bridgehead atoms. The molecule has 0 aromatic heterocycles. The highest BCUT2D eigenvalue weighted by Crippen LogP contribution is 2.14. The molecule has 4 nitrogen and oxygen atoms in total. The molecule has 0 heterocycles. The van der Waals surface area contributed by atoms with Crippen molar-refractivity contribution in [3.8, 4) is 0 Å². The number of nitrogens with two attached hydrogens (primary N) is 1. The zero-order valence-corrected chi connectivity index (χ0v) is 26.9. The first-order valence-electron chi connectivity index (χ1n) is 17.8. The summed E-state index contributed by atoms with van der Waals surface area (Å²) in [6.07, 6.45) is 41.4. The van der Waals surface area contributed by atoms with Crippen LogP contribution in [-0.2, 0) is 14.3 Å². The summed E-state index contributed by atoms with van der Waals surface area (Å²) in [6, 6.07) is 0. The van der Waals surface area contributed by atoms with E-state index in [1.54, 1.807) is 0 Å². The molecule has 2 N–H and O–H groups in total. The van der Waals surface area contributed by atoms with Gasteiger partial charge in [-0.15, -0.1) is 0 Å². The Morgan fingerprint density at radius 2 is 0.825 bits per heavy atom. The maximum atomic E-state index is 11.9. The third-order valence-corrected chi connectivity index (χ3v) is 7.97. The summed E-state index contributed by atoms with van der Waals surface area (Å²) >= 11 is 0. The van der Waals surface area contributed by atoms with Crippen molar-refractivity contribution in [2.24, 2.45) is 5.73 Å². The highest BCUT2D eigenvalue weighted by atomic mass is 16.5. The standard InChI is InChI=1S/C36H69NO3/c1-2-3-4-5-6-7-8-9-10-13-16-19-22-25-28-31-34-40-36(39)33-30-27-24-21-18-15-12-11-14-17-20-23-26-29-32-35(37)38/h9-10H,2-8,11-34H2,1H3,(H2,37,38). The van der Waals surface area contributed by atoms with Gasteiger partial charge in [0.15, 0.2) is 0 Å². The van der Waals surface area contributed by atoms with Crippen LogP contribution >= 0.6 is 0 Å². The largest absolute Gasteiger partial charge is 0.466 e. The number of carbonyl (C=O) groups excluding carboxylic acids is 2. The average molecular weight is 564 g/mol. The highest BCUT2D eigenvalue weighted by Gasteiger charge is 2.03. The summed E-state index contributed by atoms with van der Waals surface area (Å²) < 4.78 is 5.42. The van der Waals surface area contributed by atoms with E-state index < -0.39 is 0 Å². The number of hydrogen-bond acceptors (Lipinski definition) is 3. The fraction of sp³-hybridized carbons (Fsp3) is 0.889. The number of unbranched alkanes of at least 4 members (excludes halogenated alkanes) is 25. The second-order valence-electron chi connectivity index (χ2n) is 12.1. The second kappa shape index (κ2) is 33.9. The van der Waals surface area contributed by atoms with Crippen molar-refractivity contribution in [2.45, 2.75) is 200 Å². The van der Waals surface area contributed by atoms with Crippen molar-refractivity contribution < 1.29 is 14.3 Å². The summed E-state index contributed by atoms with van der Waals surface area (Å²) in [4.78, 5) is 22.6. The van der Waals surface area contributed by atoms with Crippen LogP contribution in [0.2, 0.25) is 0 Å². The fourth-order valence-electron chi connectivity index (χ4n) is 5.30. The Morgan fingerprint density at radius 3 is 1.25 bits per heavy atom. The third kappa shape index (κ3) is 34.7. The number of rotatable bonds is 33. The van der Waals surface area contributed by atoms with Gasteiger partial charge in [-0.2, -0.15) is 0 Å². The lowest BCUT2D eigenvalue weighted by atomic mass is 10.0. The van der Waals surface area contributed by atoms with Crippen LogP contribution in [0, 0.1) is 0 Å². The molecule has 1 amide bonds. The maximum absolute atomic E-state index is 11.9. The van der Waals surface area contributed by atoms with Gasteiger partial charge in [0.1, 0.15) is 0 Å². The molecule has 0 radical (unpaired) electrons. The fourth-order valence-corrected chi connectivity index (χ4v) is 5.30. The molecule has 0 rings (SSSR count). The molecule has 0 aromatic rings. The van der Waals surface area contributed by atoms with Crippen LogP contribution in [0.25, 0.3) is 0 Å². The molecule has 0 aromatic carbocycles. The van der Waals surface area contributed by atoms with Gasteiger partial charge >= 0.3 is 5.97 Å². The van der Waals surface area contributed by atoms with Crippen LogP contribution in [-0.4, -0.2) is 18.5 Å². The third-order valence-electron chi connectivity index (χ3n) is 7.97. The first-order valence-corrected chi connectivity index (χ1v) is 17.8. The molecule has 0 fully saturated rings. The number of esters is 1. The van der Waals surface area contributed by atoms with Gasteiger partial charge in [-0.3, -0.25) is 9.59 Å². The number of primary amides is 1. The summed E-state index contributed by atoms with van der Waals surface area (Å²) in [5.41, 5.74) is 5.16. The molecular weight excluding hydrogens is 494 g/mol. The Bertz CT molecular complexity index is 560. The minimum Gasteiger partial charge on any atom is -0.466 e. The van der Waals surface area contributed by atoms with Crippen LogP contribution < -0.4 is 5.73 Å². The SMILES string of the molecule is CCCCCCCCC=CCCCCCCCCOC(=O)CCCCCCCCCCCCCCCCC(N)=O. The van der Waals surface area contributed by atoms with E-state index in [4.69, 9.17) is 10.5 Å². The Balaban J connectivity index is 3.19. The molecule has 0 saturated heterocycles. The second-order valence-corrected chi connectivity index (χ2v) is 12.1. The van der Waals surface area contributed by atoms with E-state index in [9.17, 15) is 9.59 Å². The van der Waals surface area contributed by atoms with Gasteiger partial charge in [0.25, 0.3) is 0 Å². The molecule has 0 saturated carbocycles. The van der Waals surface area contributed by atoms with Crippen molar-refractivity contribution in [1.29, 1.82) is 0 Å². The van der Waals surface area contributed by atoms with Gasteiger partial charge in [0.2, 0.25) is 5.91 Å². The molecule has 4 heteroatoms. The summed E-state index contributed by atoms with van der Waals surface area (Å²) in [7, 11) is 0. The van der Waals surface area contributed by atoms with Gasteiger partial charge in [0, 0.05) is 12.8 Å². The van der Waals surface area contributed by atoms with Crippen LogP contribution in [0.3, 0.4) is 0 Å². The number of carbonyl (C=O) groups is 2. The van der Waals surface area contributed by atoms with Gasteiger partial charge < -0.3 is 10.5 Å². The predicted molar refractivity (Wildman–Crippen MR) is 173 cm³/mol. The minimum atomic E-state index is -0.169. The van der Waals surface area contributed by atoms with Gasteiger partial charge in [-0.1, -0.05) is 154 Å². The lowest BCUT2D eigenvalue weighted by molar-refractivity contribution is -0.143. The lowest BCUT2D eigenvalue weighted by Gasteiger charge is -2.05. The van der Waals surface area contributed by atoms with Crippen molar-refractivity contribution >= 4 is 11.9 Å². The molecule has 40 heavy (non-hydrogen) atoms. The first-order chi connectivity index (χ1) is 19.7. The van der Waals surface area contributed by atoms with Gasteiger partial charge in [0.05, 0.1) is 6.61 Å². The zero-order valence-electron chi connectivity index (χ0n) is 26.9. The molecular formula is C36H69NO3. The smallest absolute Gasteiger partial charge is 0.305 e. The summed E-state index contributed by atoms with van der Waals surface area (Å²) in [6.45, 7) is 2.88.